The monoisotopic (exact) mass is 260 g/mol. The fraction of sp³-hybridized carbons (Fsp3) is 0.923. The van der Waals surface area contributed by atoms with Crippen LogP contribution >= 0.6 is 11.8 Å². The van der Waals surface area contributed by atoms with E-state index < -0.39 is 0 Å². The lowest BCUT2D eigenvalue weighted by molar-refractivity contribution is -0.185. The third-order valence-electron chi connectivity index (χ3n) is 3.12. The van der Waals surface area contributed by atoms with Gasteiger partial charge in [-0.1, -0.05) is 26.7 Å². The predicted molar refractivity (Wildman–Crippen MR) is 71.1 cm³/mol. The van der Waals surface area contributed by atoms with Gasteiger partial charge >= 0.3 is 5.97 Å². The van der Waals surface area contributed by atoms with E-state index >= 15 is 0 Å². The fourth-order valence-electron chi connectivity index (χ4n) is 2.23. The first-order valence-corrected chi connectivity index (χ1v) is 7.68. The quantitative estimate of drug-likeness (QED) is 0.687. The van der Waals surface area contributed by atoms with Crippen LogP contribution < -0.4 is 0 Å². The second-order valence-corrected chi connectivity index (χ2v) is 5.99. The van der Waals surface area contributed by atoms with Crippen LogP contribution in [-0.2, 0) is 14.3 Å². The molecule has 1 saturated heterocycles. The minimum atomic E-state index is -0.339. The summed E-state index contributed by atoms with van der Waals surface area (Å²) in [6, 6.07) is 0. The van der Waals surface area contributed by atoms with Gasteiger partial charge in [0, 0.05) is 5.75 Å². The molecule has 1 atom stereocenters. The summed E-state index contributed by atoms with van der Waals surface area (Å²) in [7, 11) is 0. The molecule has 0 bridgehead atoms. The SMILES string of the molecule is CCCC(C)(CCC)C(=O)OC1CSCCO1. The Bertz CT molecular complexity index is 231. The van der Waals surface area contributed by atoms with Gasteiger partial charge in [0.25, 0.3) is 0 Å². The highest BCUT2D eigenvalue weighted by molar-refractivity contribution is 7.99. The van der Waals surface area contributed by atoms with Crippen molar-refractivity contribution in [2.45, 2.75) is 52.7 Å². The topological polar surface area (TPSA) is 35.5 Å². The van der Waals surface area contributed by atoms with Crippen LogP contribution in [0.25, 0.3) is 0 Å². The lowest BCUT2D eigenvalue weighted by Gasteiger charge is -2.30. The number of hydrogen-bond donors (Lipinski definition) is 0. The summed E-state index contributed by atoms with van der Waals surface area (Å²) >= 11 is 1.78. The van der Waals surface area contributed by atoms with E-state index in [4.69, 9.17) is 9.47 Å². The zero-order chi connectivity index (χ0) is 12.7. The Morgan fingerprint density at radius 2 is 2.06 bits per heavy atom. The van der Waals surface area contributed by atoms with Gasteiger partial charge in [-0.05, 0) is 19.8 Å². The molecule has 0 aliphatic carbocycles. The van der Waals surface area contributed by atoms with Crippen LogP contribution in [0.4, 0.5) is 0 Å². The van der Waals surface area contributed by atoms with Crippen molar-refractivity contribution in [1.29, 1.82) is 0 Å². The molecule has 1 fully saturated rings. The normalized spacial score (nSPS) is 21.2. The van der Waals surface area contributed by atoms with E-state index in [9.17, 15) is 4.79 Å². The van der Waals surface area contributed by atoms with E-state index in [2.05, 4.69) is 13.8 Å². The van der Waals surface area contributed by atoms with Crippen molar-refractivity contribution in [1.82, 2.24) is 0 Å². The third kappa shape index (κ3) is 4.51. The van der Waals surface area contributed by atoms with E-state index in [-0.39, 0.29) is 17.7 Å². The van der Waals surface area contributed by atoms with Gasteiger partial charge in [-0.25, -0.2) is 0 Å². The number of ether oxygens (including phenoxy) is 2. The zero-order valence-corrected chi connectivity index (χ0v) is 12.0. The fourth-order valence-corrected chi connectivity index (χ4v) is 2.97. The average Bonchev–Trinajstić information content (AvgIpc) is 2.31. The molecule has 0 aromatic carbocycles. The van der Waals surface area contributed by atoms with Crippen molar-refractivity contribution < 1.29 is 14.3 Å². The van der Waals surface area contributed by atoms with Gasteiger partial charge in [0.05, 0.1) is 17.8 Å². The number of carbonyl (C=O) groups is 1. The largest absolute Gasteiger partial charge is 0.434 e. The lowest BCUT2D eigenvalue weighted by Crippen LogP contribution is -2.36. The standard InChI is InChI=1S/C13H24O3S/c1-4-6-13(3,7-5-2)12(14)16-11-10-17-9-8-15-11/h11H,4-10H2,1-3H3. The molecular formula is C13H24O3S. The Kier molecular flexibility index (Phi) is 6.34. The Morgan fingerprint density at radius 3 is 2.53 bits per heavy atom. The first-order chi connectivity index (χ1) is 8.12. The van der Waals surface area contributed by atoms with Gasteiger partial charge in [-0.3, -0.25) is 4.79 Å². The van der Waals surface area contributed by atoms with E-state index in [1.54, 1.807) is 11.8 Å². The van der Waals surface area contributed by atoms with Crippen LogP contribution in [0.5, 0.6) is 0 Å². The molecule has 0 N–H and O–H groups in total. The molecule has 0 radical (unpaired) electrons. The number of rotatable bonds is 6. The van der Waals surface area contributed by atoms with Gasteiger partial charge in [0.2, 0.25) is 6.29 Å². The van der Waals surface area contributed by atoms with Crippen molar-refractivity contribution in [3.63, 3.8) is 0 Å². The highest BCUT2D eigenvalue weighted by Crippen LogP contribution is 2.31. The average molecular weight is 260 g/mol. The molecule has 100 valence electrons. The molecule has 1 aliphatic rings. The summed E-state index contributed by atoms with van der Waals surface area (Å²) in [6.07, 6.45) is 3.45. The molecule has 0 amide bonds. The van der Waals surface area contributed by atoms with Crippen LogP contribution in [0.1, 0.15) is 46.5 Å². The maximum absolute atomic E-state index is 12.2. The van der Waals surface area contributed by atoms with E-state index in [0.717, 1.165) is 37.2 Å². The van der Waals surface area contributed by atoms with E-state index in [1.807, 2.05) is 6.92 Å². The summed E-state index contributed by atoms with van der Waals surface area (Å²) in [4.78, 5) is 12.2. The van der Waals surface area contributed by atoms with E-state index in [0.29, 0.717) is 6.61 Å². The van der Waals surface area contributed by atoms with Crippen molar-refractivity contribution >= 4 is 17.7 Å². The lowest BCUT2D eigenvalue weighted by atomic mass is 9.81. The number of carbonyl (C=O) groups excluding carboxylic acids is 1. The smallest absolute Gasteiger partial charge is 0.314 e. The predicted octanol–water partition coefficient (Wildman–Crippen LogP) is 3.23. The second-order valence-electron chi connectivity index (χ2n) is 4.84. The first-order valence-electron chi connectivity index (χ1n) is 6.53. The zero-order valence-electron chi connectivity index (χ0n) is 11.2. The molecule has 0 spiro atoms. The Morgan fingerprint density at radius 1 is 1.41 bits per heavy atom. The van der Waals surface area contributed by atoms with Crippen molar-refractivity contribution in [3.8, 4) is 0 Å². The first kappa shape index (κ1) is 14.8. The summed E-state index contributed by atoms with van der Waals surface area (Å²) in [5, 5.41) is 0. The van der Waals surface area contributed by atoms with Gasteiger partial charge in [0.1, 0.15) is 0 Å². The molecule has 0 aromatic rings. The molecule has 3 nitrogen and oxygen atoms in total. The molecule has 1 rings (SSSR count). The minimum absolute atomic E-state index is 0.0892. The number of hydrogen-bond acceptors (Lipinski definition) is 4. The van der Waals surface area contributed by atoms with Gasteiger partial charge in [-0.2, -0.15) is 11.8 Å². The maximum atomic E-state index is 12.2. The van der Waals surface area contributed by atoms with Crippen molar-refractivity contribution in [3.05, 3.63) is 0 Å². The molecule has 1 unspecified atom stereocenters. The minimum Gasteiger partial charge on any atom is -0.434 e. The second kappa shape index (κ2) is 7.27. The molecule has 1 heterocycles. The van der Waals surface area contributed by atoms with Crippen molar-refractivity contribution in [2.24, 2.45) is 5.41 Å². The highest BCUT2D eigenvalue weighted by Gasteiger charge is 2.35. The van der Waals surface area contributed by atoms with Gasteiger partial charge in [0.15, 0.2) is 0 Å². The summed E-state index contributed by atoms with van der Waals surface area (Å²) < 4.78 is 10.9. The van der Waals surface area contributed by atoms with Gasteiger partial charge in [-0.15, -0.1) is 0 Å². The summed E-state index contributed by atoms with van der Waals surface area (Å²) in [5.41, 5.74) is -0.338. The molecule has 0 saturated carbocycles. The molecule has 0 aromatic heterocycles. The Hall–Kier alpha value is -0.220. The van der Waals surface area contributed by atoms with E-state index in [1.165, 1.54) is 0 Å². The van der Waals surface area contributed by atoms with Crippen molar-refractivity contribution in [2.75, 3.05) is 18.1 Å². The summed E-state index contributed by atoms with van der Waals surface area (Å²) in [6.45, 7) is 6.90. The number of esters is 1. The van der Waals surface area contributed by atoms with Crippen LogP contribution in [0.2, 0.25) is 0 Å². The van der Waals surface area contributed by atoms with Crippen LogP contribution in [0, 0.1) is 5.41 Å². The van der Waals surface area contributed by atoms with Crippen LogP contribution in [0.15, 0.2) is 0 Å². The molecule has 4 heteroatoms. The molecule has 1 aliphatic heterocycles. The summed E-state index contributed by atoms with van der Waals surface area (Å²) in [5.74, 6) is 1.67. The van der Waals surface area contributed by atoms with Crippen LogP contribution in [0.3, 0.4) is 0 Å². The Balaban J connectivity index is 2.51. The number of thioether (sulfide) groups is 1. The highest BCUT2D eigenvalue weighted by atomic mass is 32.2. The van der Waals surface area contributed by atoms with Crippen LogP contribution in [-0.4, -0.2) is 30.4 Å². The third-order valence-corrected chi connectivity index (χ3v) is 4.08. The molecule has 17 heavy (non-hydrogen) atoms. The Labute approximate surface area is 109 Å². The maximum Gasteiger partial charge on any atom is 0.314 e. The molecular weight excluding hydrogens is 236 g/mol. The van der Waals surface area contributed by atoms with Gasteiger partial charge < -0.3 is 9.47 Å².